The first-order chi connectivity index (χ1) is 9.97. The van der Waals surface area contributed by atoms with Gasteiger partial charge < -0.3 is 14.8 Å². The number of esters is 1. The number of carbonyl (C=O) groups is 2. The lowest BCUT2D eigenvalue weighted by Crippen LogP contribution is -2.11. The van der Waals surface area contributed by atoms with Crippen molar-refractivity contribution < 1.29 is 19.1 Å². The van der Waals surface area contributed by atoms with E-state index in [0.29, 0.717) is 30.2 Å². The molecular formula is C16H21NO4. The van der Waals surface area contributed by atoms with E-state index in [4.69, 9.17) is 9.47 Å². The summed E-state index contributed by atoms with van der Waals surface area (Å²) in [6, 6.07) is 4.80. The summed E-state index contributed by atoms with van der Waals surface area (Å²) in [5.74, 6) is -0.209. The van der Waals surface area contributed by atoms with Crippen molar-refractivity contribution in [3.8, 4) is 5.75 Å². The molecule has 21 heavy (non-hydrogen) atoms. The maximum absolute atomic E-state index is 11.8. The number of allylic oxidation sites excluding steroid dienone is 1. The highest BCUT2D eigenvalue weighted by Gasteiger charge is 2.12. The first-order valence-corrected chi connectivity index (χ1v) is 6.87. The highest BCUT2D eigenvalue weighted by Crippen LogP contribution is 2.26. The lowest BCUT2D eigenvalue weighted by atomic mass is 10.2. The molecule has 0 heterocycles. The molecule has 0 unspecified atom stereocenters. The summed E-state index contributed by atoms with van der Waals surface area (Å²) in [5.41, 5.74) is 1.81. The van der Waals surface area contributed by atoms with Crippen LogP contribution in [0.2, 0.25) is 0 Å². The van der Waals surface area contributed by atoms with Crippen LogP contribution in [0.1, 0.15) is 38.1 Å². The van der Waals surface area contributed by atoms with E-state index in [2.05, 4.69) is 5.32 Å². The highest BCUT2D eigenvalue weighted by molar-refractivity contribution is 6.01. The van der Waals surface area contributed by atoms with Gasteiger partial charge in [-0.25, -0.2) is 4.79 Å². The average molecular weight is 291 g/mol. The van der Waals surface area contributed by atoms with Crippen molar-refractivity contribution in [3.05, 3.63) is 35.4 Å². The van der Waals surface area contributed by atoms with Crippen LogP contribution in [0.15, 0.2) is 29.8 Å². The maximum Gasteiger partial charge on any atom is 0.338 e. The Morgan fingerprint density at radius 1 is 1.19 bits per heavy atom. The molecule has 0 aromatic heterocycles. The standard InChI is InChI=1S/C16H21NO4/c1-5-20-14-10-12(16(19)21-6-2)7-8-13(14)17-15(18)9-11(3)4/h7-10H,5-6H2,1-4H3,(H,17,18). The maximum atomic E-state index is 11.8. The van der Waals surface area contributed by atoms with Crippen LogP contribution in [0.4, 0.5) is 5.69 Å². The number of ether oxygens (including phenoxy) is 2. The van der Waals surface area contributed by atoms with Crippen molar-refractivity contribution in [1.29, 1.82) is 0 Å². The van der Waals surface area contributed by atoms with Gasteiger partial charge >= 0.3 is 5.97 Å². The van der Waals surface area contributed by atoms with Gasteiger partial charge in [-0.1, -0.05) is 5.57 Å². The van der Waals surface area contributed by atoms with Crippen LogP contribution in [0.5, 0.6) is 5.75 Å². The normalized spacial score (nSPS) is 9.71. The SMILES string of the molecule is CCOC(=O)c1ccc(NC(=O)C=C(C)C)c(OCC)c1. The van der Waals surface area contributed by atoms with E-state index in [9.17, 15) is 9.59 Å². The van der Waals surface area contributed by atoms with Gasteiger partial charge in [0.1, 0.15) is 5.75 Å². The van der Waals surface area contributed by atoms with Crippen molar-refractivity contribution in [2.45, 2.75) is 27.7 Å². The van der Waals surface area contributed by atoms with Crippen molar-refractivity contribution in [1.82, 2.24) is 0 Å². The molecule has 5 nitrogen and oxygen atoms in total. The van der Waals surface area contributed by atoms with Gasteiger partial charge in [0.15, 0.2) is 0 Å². The van der Waals surface area contributed by atoms with Gasteiger partial charge in [0, 0.05) is 6.08 Å². The molecule has 0 aliphatic rings. The summed E-state index contributed by atoms with van der Waals surface area (Å²) >= 11 is 0. The molecule has 1 rings (SSSR count). The smallest absolute Gasteiger partial charge is 0.338 e. The zero-order valence-corrected chi connectivity index (χ0v) is 12.9. The lowest BCUT2D eigenvalue weighted by molar-refractivity contribution is -0.112. The summed E-state index contributed by atoms with van der Waals surface area (Å²) in [7, 11) is 0. The van der Waals surface area contributed by atoms with E-state index in [-0.39, 0.29) is 5.91 Å². The largest absolute Gasteiger partial charge is 0.492 e. The Morgan fingerprint density at radius 3 is 2.48 bits per heavy atom. The van der Waals surface area contributed by atoms with E-state index in [0.717, 1.165) is 5.57 Å². The fraction of sp³-hybridized carbons (Fsp3) is 0.375. The van der Waals surface area contributed by atoms with E-state index in [1.807, 2.05) is 20.8 Å². The van der Waals surface area contributed by atoms with Gasteiger partial charge in [0.25, 0.3) is 0 Å². The van der Waals surface area contributed by atoms with Gasteiger partial charge in [-0.3, -0.25) is 4.79 Å². The molecular weight excluding hydrogens is 270 g/mol. The summed E-state index contributed by atoms with van der Waals surface area (Å²) in [6.07, 6.45) is 1.50. The fourth-order valence-corrected chi connectivity index (χ4v) is 1.67. The molecule has 5 heteroatoms. The Hall–Kier alpha value is -2.30. The topological polar surface area (TPSA) is 64.6 Å². The van der Waals surface area contributed by atoms with Crippen LogP contribution in [0.3, 0.4) is 0 Å². The van der Waals surface area contributed by atoms with Crippen LogP contribution < -0.4 is 10.1 Å². The summed E-state index contributed by atoms with van der Waals surface area (Å²) in [5, 5.41) is 2.73. The number of hydrogen-bond donors (Lipinski definition) is 1. The zero-order chi connectivity index (χ0) is 15.8. The van der Waals surface area contributed by atoms with Crippen LogP contribution in [0, 0.1) is 0 Å². The van der Waals surface area contributed by atoms with E-state index in [1.165, 1.54) is 6.08 Å². The number of carbonyl (C=O) groups excluding carboxylic acids is 2. The van der Waals surface area contributed by atoms with Gasteiger partial charge in [-0.15, -0.1) is 0 Å². The molecule has 1 N–H and O–H groups in total. The van der Waals surface area contributed by atoms with Gasteiger partial charge in [0.2, 0.25) is 5.91 Å². The Morgan fingerprint density at radius 2 is 1.90 bits per heavy atom. The van der Waals surface area contributed by atoms with E-state index < -0.39 is 5.97 Å². The molecule has 0 aliphatic carbocycles. The molecule has 0 spiro atoms. The molecule has 1 aromatic rings. The van der Waals surface area contributed by atoms with Gasteiger partial charge in [-0.05, 0) is 45.9 Å². The van der Waals surface area contributed by atoms with Crippen LogP contribution >= 0.6 is 0 Å². The molecule has 0 fully saturated rings. The lowest BCUT2D eigenvalue weighted by Gasteiger charge is -2.12. The molecule has 1 amide bonds. The van der Waals surface area contributed by atoms with Gasteiger partial charge in [0.05, 0.1) is 24.5 Å². The quantitative estimate of drug-likeness (QED) is 0.646. The van der Waals surface area contributed by atoms with Crippen LogP contribution in [-0.2, 0) is 9.53 Å². The number of amides is 1. The molecule has 0 aliphatic heterocycles. The van der Waals surface area contributed by atoms with Crippen molar-refractivity contribution in [2.75, 3.05) is 18.5 Å². The third-order valence-electron chi connectivity index (χ3n) is 2.47. The minimum absolute atomic E-state index is 0.236. The molecule has 0 saturated carbocycles. The van der Waals surface area contributed by atoms with Crippen LogP contribution in [-0.4, -0.2) is 25.1 Å². The molecule has 0 bridgehead atoms. The minimum atomic E-state index is -0.416. The monoisotopic (exact) mass is 291 g/mol. The Kier molecular flexibility index (Phi) is 6.46. The first-order valence-electron chi connectivity index (χ1n) is 6.87. The van der Waals surface area contributed by atoms with E-state index >= 15 is 0 Å². The Balaban J connectivity index is 3.01. The average Bonchev–Trinajstić information content (AvgIpc) is 2.40. The number of hydrogen-bond acceptors (Lipinski definition) is 4. The Labute approximate surface area is 124 Å². The molecule has 0 saturated heterocycles. The van der Waals surface area contributed by atoms with E-state index in [1.54, 1.807) is 25.1 Å². The molecule has 114 valence electrons. The molecule has 0 atom stereocenters. The summed E-state index contributed by atoms with van der Waals surface area (Å²) in [4.78, 5) is 23.5. The fourth-order valence-electron chi connectivity index (χ4n) is 1.67. The van der Waals surface area contributed by atoms with Crippen molar-refractivity contribution >= 4 is 17.6 Å². The minimum Gasteiger partial charge on any atom is -0.492 e. The summed E-state index contributed by atoms with van der Waals surface area (Å²) < 4.78 is 10.4. The Bertz CT molecular complexity index is 545. The van der Waals surface area contributed by atoms with Gasteiger partial charge in [-0.2, -0.15) is 0 Å². The van der Waals surface area contributed by atoms with Crippen molar-refractivity contribution in [3.63, 3.8) is 0 Å². The second kappa shape index (κ2) is 8.09. The third-order valence-corrected chi connectivity index (χ3v) is 2.47. The number of nitrogens with one attached hydrogen (secondary N) is 1. The first kappa shape index (κ1) is 16.8. The van der Waals surface area contributed by atoms with Crippen molar-refractivity contribution in [2.24, 2.45) is 0 Å². The second-order valence-electron chi connectivity index (χ2n) is 4.58. The number of anilines is 1. The molecule has 0 radical (unpaired) electrons. The number of rotatable bonds is 6. The summed E-state index contributed by atoms with van der Waals surface area (Å²) in [6.45, 7) is 7.99. The third kappa shape index (κ3) is 5.30. The van der Waals surface area contributed by atoms with Crippen LogP contribution in [0.25, 0.3) is 0 Å². The molecule has 1 aromatic carbocycles. The zero-order valence-electron chi connectivity index (χ0n) is 12.9. The second-order valence-corrected chi connectivity index (χ2v) is 4.58. The highest BCUT2D eigenvalue weighted by atomic mass is 16.5. The number of benzene rings is 1. The predicted molar refractivity (Wildman–Crippen MR) is 81.6 cm³/mol. The predicted octanol–water partition coefficient (Wildman–Crippen LogP) is 3.17.